The molecule has 1 saturated carbocycles. The first kappa shape index (κ1) is 15.4. The number of halogens is 2. The molecule has 2 fully saturated rings. The van der Waals surface area contributed by atoms with Crippen molar-refractivity contribution in [2.45, 2.75) is 56.6 Å². The van der Waals surface area contributed by atoms with E-state index in [2.05, 4.69) is 15.9 Å². The molecule has 2 nitrogen and oxygen atoms in total. The zero-order chi connectivity index (χ0) is 14.9. The summed E-state index contributed by atoms with van der Waals surface area (Å²) in [5, 5.41) is 0. The van der Waals surface area contributed by atoms with Crippen molar-refractivity contribution in [3.8, 4) is 0 Å². The molecule has 1 saturated heterocycles. The van der Waals surface area contributed by atoms with Gasteiger partial charge in [0.1, 0.15) is 5.82 Å². The third-order valence-corrected chi connectivity index (χ3v) is 5.61. The molecule has 1 aromatic carbocycles. The standard InChI is InChI=1S/C17H23BrFNO/c18-13-4-5-15(19)14(10-13)16(20)12-6-9-21-17(11-12)7-2-1-3-8-17/h4-5,10,12,16H,1-3,6-9,11,20H2. The van der Waals surface area contributed by atoms with Crippen LogP contribution in [0.5, 0.6) is 0 Å². The maximum atomic E-state index is 14.1. The molecule has 1 aliphatic heterocycles. The van der Waals surface area contributed by atoms with Crippen molar-refractivity contribution in [3.63, 3.8) is 0 Å². The summed E-state index contributed by atoms with van der Waals surface area (Å²) in [6.07, 6.45) is 7.96. The predicted octanol–water partition coefficient (Wildman–Crippen LogP) is 4.72. The van der Waals surface area contributed by atoms with Gasteiger partial charge in [-0.05, 0) is 49.8 Å². The highest BCUT2D eigenvalue weighted by Gasteiger charge is 2.40. The van der Waals surface area contributed by atoms with Crippen LogP contribution in [0.4, 0.5) is 4.39 Å². The average molecular weight is 356 g/mol. The molecule has 1 heterocycles. The highest BCUT2D eigenvalue weighted by atomic mass is 79.9. The van der Waals surface area contributed by atoms with Crippen LogP contribution in [0, 0.1) is 11.7 Å². The lowest BCUT2D eigenvalue weighted by atomic mass is 9.73. The summed E-state index contributed by atoms with van der Waals surface area (Å²) in [6.45, 7) is 0.758. The first-order valence-corrected chi connectivity index (χ1v) is 8.73. The summed E-state index contributed by atoms with van der Waals surface area (Å²) >= 11 is 3.41. The Kier molecular flexibility index (Phi) is 4.67. The quantitative estimate of drug-likeness (QED) is 0.832. The summed E-state index contributed by atoms with van der Waals surface area (Å²) in [7, 11) is 0. The number of ether oxygens (including phenoxy) is 1. The van der Waals surface area contributed by atoms with Crippen molar-refractivity contribution in [2.75, 3.05) is 6.61 Å². The molecule has 3 rings (SSSR count). The van der Waals surface area contributed by atoms with Crippen molar-refractivity contribution in [2.24, 2.45) is 11.7 Å². The minimum atomic E-state index is -0.245. The molecule has 0 bridgehead atoms. The second kappa shape index (κ2) is 6.35. The summed E-state index contributed by atoms with van der Waals surface area (Å²) in [4.78, 5) is 0. The Morgan fingerprint density at radius 2 is 2.05 bits per heavy atom. The lowest BCUT2D eigenvalue weighted by molar-refractivity contribution is -0.120. The van der Waals surface area contributed by atoms with Gasteiger partial charge < -0.3 is 10.5 Å². The van der Waals surface area contributed by atoms with E-state index in [1.54, 1.807) is 6.07 Å². The normalized spacial score (nSPS) is 26.7. The van der Waals surface area contributed by atoms with Crippen LogP contribution in [-0.4, -0.2) is 12.2 Å². The Morgan fingerprint density at radius 3 is 2.81 bits per heavy atom. The van der Waals surface area contributed by atoms with Crippen molar-refractivity contribution < 1.29 is 9.13 Å². The van der Waals surface area contributed by atoms with E-state index in [1.807, 2.05) is 6.07 Å². The number of rotatable bonds is 2. The van der Waals surface area contributed by atoms with E-state index in [0.717, 1.165) is 36.8 Å². The molecular weight excluding hydrogens is 333 g/mol. The molecule has 2 aliphatic rings. The van der Waals surface area contributed by atoms with Gasteiger partial charge in [-0.25, -0.2) is 4.39 Å². The number of nitrogens with two attached hydrogens (primary N) is 1. The lowest BCUT2D eigenvalue weighted by Crippen LogP contribution is -2.44. The summed E-state index contributed by atoms with van der Waals surface area (Å²) in [5.41, 5.74) is 7.06. The Hall–Kier alpha value is -0.450. The third-order valence-electron chi connectivity index (χ3n) is 5.12. The van der Waals surface area contributed by atoms with Crippen molar-refractivity contribution >= 4 is 15.9 Å². The van der Waals surface area contributed by atoms with E-state index in [-0.39, 0.29) is 17.5 Å². The molecule has 1 aliphatic carbocycles. The van der Waals surface area contributed by atoms with Crippen LogP contribution in [0.3, 0.4) is 0 Å². The fourth-order valence-electron chi connectivity index (χ4n) is 3.94. The molecule has 2 N–H and O–H groups in total. The molecule has 1 spiro atoms. The second-order valence-corrected chi connectivity index (χ2v) is 7.45. The highest BCUT2D eigenvalue weighted by Crippen LogP contribution is 2.44. The minimum absolute atomic E-state index is 0.0152. The largest absolute Gasteiger partial charge is 0.375 e. The first-order chi connectivity index (χ1) is 10.1. The van der Waals surface area contributed by atoms with Crippen molar-refractivity contribution in [1.29, 1.82) is 0 Å². The number of hydrogen-bond donors (Lipinski definition) is 1. The third kappa shape index (κ3) is 3.33. The van der Waals surface area contributed by atoms with E-state index in [1.165, 1.54) is 25.3 Å². The summed E-state index contributed by atoms with van der Waals surface area (Å²) < 4.78 is 21.1. The molecule has 0 aromatic heterocycles. The Bertz CT molecular complexity index is 496. The van der Waals surface area contributed by atoms with Gasteiger partial charge in [-0.1, -0.05) is 35.2 Å². The molecule has 0 amide bonds. The monoisotopic (exact) mass is 355 g/mol. The van der Waals surface area contributed by atoms with Gasteiger partial charge in [0.2, 0.25) is 0 Å². The minimum Gasteiger partial charge on any atom is -0.375 e. The van der Waals surface area contributed by atoms with Crippen LogP contribution in [0.25, 0.3) is 0 Å². The van der Waals surface area contributed by atoms with E-state index < -0.39 is 0 Å². The van der Waals surface area contributed by atoms with E-state index in [9.17, 15) is 4.39 Å². The molecule has 4 heteroatoms. The van der Waals surface area contributed by atoms with Gasteiger partial charge in [0, 0.05) is 22.7 Å². The van der Waals surface area contributed by atoms with E-state index in [0.29, 0.717) is 11.5 Å². The zero-order valence-electron chi connectivity index (χ0n) is 12.3. The van der Waals surface area contributed by atoms with Crippen LogP contribution in [-0.2, 0) is 4.74 Å². The Balaban J connectivity index is 1.77. The molecule has 2 unspecified atom stereocenters. The highest BCUT2D eigenvalue weighted by molar-refractivity contribution is 9.10. The fourth-order valence-corrected chi connectivity index (χ4v) is 4.32. The molecular formula is C17H23BrFNO. The van der Waals surface area contributed by atoms with Gasteiger partial charge in [-0.15, -0.1) is 0 Å². The second-order valence-electron chi connectivity index (χ2n) is 6.54. The van der Waals surface area contributed by atoms with Crippen LogP contribution >= 0.6 is 15.9 Å². The van der Waals surface area contributed by atoms with Gasteiger partial charge in [-0.2, -0.15) is 0 Å². The number of hydrogen-bond acceptors (Lipinski definition) is 2. The first-order valence-electron chi connectivity index (χ1n) is 7.94. The van der Waals surface area contributed by atoms with Crippen LogP contribution in [0.15, 0.2) is 22.7 Å². The topological polar surface area (TPSA) is 35.2 Å². The molecule has 2 atom stereocenters. The van der Waals surface area contributed by atoms with Crippen LogP contribution < -0.4 is 5.73 Å². The smallest absolute Gasteiger partial charge is 0.128 e. The zero-order valence-corrected chi connectivity index (χ0v) is 13.9. The van der Waals surface area contributed by atoms with Crippen LogP contribution in [0.2, 0.25) is 0 Å². The van der Waals surface area contributed by atoms with Crippen LogP contribution in [0.1, 0.15) is 56.6 Å². The maximum Gasteiger partial charge on any atom is 0.128 e. The Morgan fingerprint density at radius 1 is 1.29 bits per heavy atom. The number of benzene rings is 1. The predicted molar refractivity (Wildman–Crippen MR) is 85.5 cm³/mol. The molecule has 116 valence electrons. The fraction of sp³-hybridized carbons (Fsp3) is 0.647. The summed E-state index contributed by atoms with van der Waals surface area (Å²) in [6, 6.07) is 4.79. The maximum absolute atomic E-state index is 14.1. The van der Waals surface area contributed by atoms with Gasteiger partial charge in [0.05, 0.1) is 5.60 Å². The van der Waals surface area contributed by atoms with Gasteiger partial charge in [0.25, 0.3) is 0 Å². The van der Waals surface area contributed by atoms with Crippen molar-refractivity contribution in [1.82, 2.24) is 0 Å². The average Bonchev–Trinajstić information content (AvgIpc) is 2.50. The van der Waals surface area contributed by atoms with Gasteiger partial charge >= 0.3 is 0 Å². The van der Waals surface area contributed by atoms with Gasteiger partial charge in [-0.3, -0.25) is 0 Å². The SMILES string of the molecule is NC(c1cc(Br)ccc1F)C1CCOC2(CCCCC2)C1. The Labute approximate surface area is 134 Å². The molecule has 21 heavy (non-hydrogen) atoms. The molecule has 0 radical (unpaired) electrons. The summed E-state index contributed by atoms with van der Waals surface area (Å²) in [5.74, 6) is 0.107. The van der Waals surface area contributed by atoms with Gasteiger partial charge in [0.15, 0.2) is 0 Å². The van der Waals surface area contributed by atoms with Crippen molar-refractivity contribution in [3.05, 3.63) is 34.1 Å². The van der Waals surface area contributed by atoms with E-state index >= 15 is 0 Å². The van der Waals surface area contributed by atoms with E-state index in [4.69, 9.17) is 10.5 Å². The molecule has 1 aromatic rings. The lowest BCUT2D eigenvalue weighted by Gasteiger charge is -2.45.